The van der Waals surface area contributed by atoms with Crippen LogP contribution in [0.2, 0.25) is 0 Å². The van der Waals surface area contributed by atoms with Gasteiger partial charge in [-0.2, -0.15) is 5.10 Å². The number of likely N-dealkylation sites (N-methyl/N-ethyl adjacent to an activating group) is 1. The third-order valence-electron chi connectivity index (χ3n) is 3.73. The molecule has 7 heteroatoms. The molecule has 1 atom stereocenters. The highest BCUT2D eigenvalue weighted by Crippen LogP contribution is 2.22. The molecule has 1 unspecified atom stereocenters. The summed E-state index contributed by atoms with van der Waals surface area (Å²) in [6, 6.07) is 13.9. The van der Waals surface area contributed by atoms with Crippen LogP contribution in [-0.2, 0) is 16.1 Å². The van der Waals surface area contributed by atoms with E-state index in [0.29, 0.717) is 17.9 Å². The Labute approximate surface area is 150 Å². The molecule has 1 aromatic carbocycles. The fourth-order valence-corrected chi connectivity index (χ4v) is 2.41. The summed E-state index contributed by atoms with van der Waals surface area (Å²) in [5.41, 5.74) is 0.600. The highest BCUT2D eigenvalue weighted by atomic mass is 16.6. The summed E-state index contributed by atoms with van der Waals surface area (Å²) in [5.74, 6) is -0.413. The Morgan fingerprint density at radius 3 is 2.58 bits per heavy atom. The summed E-state index contributed by atoms with van der Waals surface area (Å²) in [6.07, 6.45) is 2.43. The van der Waals surface area contributed by atoms with Gasteiger partial charge in [-0.3, -0.25) is 9.48 Å². The average Bonchev–Trinajstić information content (AvgIpc) is 3.32. The minimum absolute atomic E-state index is 0.0413. The molecule has 3 rings (SSSR count). The van der Waals surface area contributed by atoms with E-state index in [2.05, 4.69) is 5.10 Å². The van der Waals surface area contributed by atoms with Gasteiger partial charge in [-0.15, -0.1) is 0 Å². The zero-order valence-corrected chi connectivity index (χ0v) is 14.5. The van der Waals surface area contributed by atoms with E-state index in [4.69, 9.17) is 9.15 Å². The lowest BCUT2D eigenvalue weighted by Crippen LogP contribution is -2.31. The molecule has 7 nitrogen and oxygen atoms in total. The van der Waals surface area contributed by atoms with Gasteiger partial charge in [-0.25, -0.2) is 4.79 Å². The number of carbonyl (C=O) groups excluding carboxylic acids is 2. The lowest BCUT2D eigenvalue weighted by Gasteiger charge is -2.20. The van der Waals surface area contributed by atoms with Crippen LogP contribution in [0.5, 0.6) is 0 Å². The van der Waals surface area contributed by atoms with Gasteiger partial charge >= 0.3 is 5.97 Å². The Balaban J connectivity index is 1.75. The summed E-state index contributed by atoms with van der Waals surface area (Å²) >= 11 is 0. The zero-order valence-electron chi connectivity index (χ0n) is 14.5. The van der Waals surface area contributed by atoms with E-state index in [1.165, 1.54) is 11.0 Å². The highest BCUT2D eigenvalue weighted by molar-refractivity contribution is 5.90. The molecule has 3 aromatic rings. The second-order valence-electron chi connectivity index (χ2n) is 5.90. The van der Waals surface area contributed by atoms with Crippen molar-refractivity contribution in [3.8, 4) is 0 Å². The van der Waals surface area contributed by atoms with Crippen LogP contribution in [0.25, 0.3) is 0 Å². The number of hydrogen-bond donors (Lipinski definition) is 0. The molecule has 0 saturated heterocycles. The third-order valence-corrected chi connectivity index (χ3v) is 3.73. The molecule has 134 valence electrons. The smallest absolute Gasteiger partial charge is 0.375 e. The predicted molar refractivity (Wildman–Crippen MR) is 93.3 cm³/mol. The SMILES string of the molecule is CN(C)C(=O)C(OC(=O)c1ccc(Cn2cccn2)o1)c1ccccc1. The number of nitrogens with zero attached hydrogens (tertiary/aromatic N) is 3. The minimum atomic E-state index is -1.03. The Hall–Kier alpha value is -3.35. The van der Waals surface area contributed by atoms with Crippen LogP contribution in [-0.4, -0.2) is 40.7 Å². The first-order valence-electron chi connectivity index (χ1n) is 8.08. The second-order valence-corrected chi connectivity index (χ2v) is 5.90. The van der Waals surface area contributed by atoms with Crippen molar-refractivity contribution in [1.82, 2.24) is 14.7 Å². The molecule has 0 aliphatic carbocycles. The molecular weight excluding hydrogens is 334 g/mol. The Morgan fingerprint density at radius 2 is 1.92 bits per heavy atom. The third kappa shape index (κ3) is 4.00. The second kappa shape index (κ2) is 7.69. The van der Waals surface area contributed by atoms with E-state index in [1.807, 2.05) is 6.07 Å². The summed E-state index contributed by atoms with van der Waals surface area (Å²) in [7, 11) is 3.22. The van der Waals surface area contributed by atoms with Crippen molar-refractivity contribution in [3.05, 3.63) is 78.0 Å². The standard InChI is InChI=1S/C19H19N3O4/c1-21(2)18(23)17(14-7-4-3-5-8-14)26-19(24)16-10-9-15(25-16)13-22-12-6-11-20-22/h3-12,17H,13H2,1-2H3. The van der Waals surface area contributed by atoms with Crippen LogP contribution in [0.1, 0.15) is 28.0 Å². The molecule has 0 N–H and O–H groups in total. The van der Waals surface area contributed by atoms with Crippen LogP contribution in [0, 0.1) is 0 Å². The van der Waals surface area contributed by atoms with E-state index in [1.54, 1.807) is 67.6 Å². The predicted octanol–water partition coefficient (Wildman–Crippen LogP) is 2.51. The molecule has 1 amide bonds. The number of carbonyl (C=O) groups is 2. The Kier molecular flexibility index (Phi) is 5.17. The molecule has 26 heavy (non-hydrogen) atoms. The number of rotatable bonds is 6. The van der Waals surface area contributed by atoms with Crippen molar-refractivity contribution in [1.29, 1.82) is 0 Å². The number of esters is 1. The summed E-state index contributed by atoms with van der Waals surface area (Å²) in [5, 5.41) is 4.09. The van der Waals surface area contributed by atoms with Crippen LogP contribution in [0.4, 0.5) is 0 Å². The van der Waals surface area contributed by atoms with Gasteiger partial charge in [0.05, 0.1) is 6.54 Å². The molecule has 2 aromatic heterocycles. The van der Waals surface area contributed by atoms with E-state index in [9.17, 15) is 9.59 Å². The van der Waals surface area contributed by atoms with Crippen LogP contribution >= 0.6 is 0 Å². The summed E-state index contributed by atoms with van der Waals surface area (Å²) in [6.45, 7) is 0.402. The van der Waals surface area contributed by atoms with Gasteiger partial charge in [0.1, 0.15) is 5.76 Å². The topological polar surface area (TPSA) is 77.6 Å². The molecule has 0 saturated carbocycles. The largest absolute Gasteiger partial charge is 0.452 e. The van der Waals surface area contributed by atoms with E-state index in [0.717, 1.165) is 0 Å². The maximum absolute atomic E-state index is 12.5. The number of aromatic nitrogens is 2. The lowest BCUT2D eigenvalue weighted by molar-refractivity contribution is -0.138. The zero-order chi connectivity index (χ0) is 18.5. The lowest BCUT2D eigenvalue weighted by atomic mass is 10.1. The number of hydrogen-bond acceptors (Lipinski definition) is 5. The van der Waals surface area contributed by atoms with Gasteiger partial charge in [0.15, 0.2) is 0 Å². The van der Waals surface area contributed by atoms with E-state index in [-0.39, 0.29) is 11.7 Å². The van der Waals surface area contributed by atoms with Crippen LogP contribution < -0.4 is 0 Å². The van der Waals surface area contributed by atoms with Gasteiger partial charge in [0.25, 0.3) is 5.91 Å². The van der Waals surface area contributed by atoms with Crippen molar-refractivity contribution in [2.75, 3.05) is 14.1 Å². The van der Waals surface area contributed by atoms with Crippen LogP contribution in [0.3, 0.4) is 0 Å². The van der Waals surface area contributed by atoms with Crippen molar-refractivity contribution >= 4 is 11.9 Å². The fourth-order valence-electron chi connectivity index (χ4n) is 2.41. The quantitative estimate of drug-likeness (QED) is 0.636. The highest BCUT2D eigenvalue weighted by Gasteiger charge is 2.28. The van der Waals surface area contributed by atoms with Crippen molar-refractivity contribution < 1.29 is 18.7 Å². The minimum Gasteiger partial charge on any atom is -0.452 e. The molecule has 0 aliphatic heterocycles. The molecule has 0 bridgehead atoms. The molecule has 0 radical (unpaired) electrons. The van der Waals surface area contributed by atoms with Crippen molar-refractivity contribution in [2.24, 2.45) is 0 Å². The number of benzene rings is 1. The molecule has 0 fully saturated rings. The number of furan rings is 1. The van der Waals surface area contributed by atoms with Crippen molar-refractivity contribution in [3.63, 3.8) is 0 Å². The van der Waals surface area contributed by atoms with Gasteiger partial charge in [0, 0.05) is 32.1 Å². The Bertz CT molecular complexity index is 869. The fraction of sp³-hybridized carbons (Fsp3) is 0.211. The van der Waals surface area contributed by atoms with Crippen molar-refractivity contribution in [2.45, 2.75) is 12.6 Å². The number of ether oxygens (including phenoxy) is 1. The summed E-state index contributed by atoms with van der Waals surface area (Å²) < 4.78 is 12.7. The molecule has 2 heterocycles. The van der Waals surface area contributed by atoms with Gasteiger partial charge in [-0.1, -0.05) is 30.3 Å². The Morgan fingerprint density at radius 1 is 1.15 bits per heavy atom. The van der Waals surface area contributed by atoms with Gasteiger partial charge in [0.2, 0.25) is 11.9 Å². The maximum atomic E-state index is 12.5. The molecule has 0 aliphatic rings. The number of amides is 1. The first-order chi connectivity index (χ1) is 12.5. The van der Waals surface area contributed by atoms with Gasteiger partial charge in [-0.05, 0) is 18.2 Å². The van der Waals surface area contributed by atoms with Gasteiger partial charge < -0.3 is 14.1 Å². The first kappa shape index (κ1) is 17.5. The maximum Gasteiger partial charge on any atom is 0.375 e. The summed E-state index contributed by atoms with van der Waals surface area (Å²) in [4.78, 5) is 26.3. The first-order valence-corrected chi connectivity index (χ1v) is 8.08. The van der Waals surface area contributed by atoms with E-state index < -0.39 is 12.1 Å². The monoisotopic (exact) mass is 353 g/mol. The van der Waals surface area contributed by atoms with E-state index >= 15 is 0 Å². The molecule has 0 spiro atoms. The normalized spacial score (nSPS) is 11.8. The molecular formula is C19H19N3O4. The van der Waals surface area contributed by atoms with Crippen LogP contribution in [0.15, 0.2) is 65.3 Å². The average molecular weight is 353 g/mol.